The van der Waals surface area contributed by atoms with Gasteiger partial charge in [0.1, 0.15) is 11.2 Å². The highest BCUT2D eigenvalue weighted by Gasteiger charge is 2.72. The Kier molecular flexibility index (Phi) is 1.59. The minimum absolute atomic E-state index is 0.0625. The number of ketones is 1. The van der Waals surface area contributed by atoms with Crippen molar-refractivity contribution in [1.29, 1.82) is 0 Å². The van der Waals surface area contributed by atoms with Gasteiger partial charge in [-0.2, -0.15) is 0 Å². The van der Waals surface area contributed by atoms with Crippen LogP contribution >= 0.6 is 0 Å². The number of aliphatic carboxylic acids is 1. The first-order valence-corrected chi connectivity index (χ1v) is 4.51. The second kappa shape index (κ2) is 2.44. The van der Waals surface area contributed by atoms with E-state index >= 15 is 0 Å². The fraction of sp³-hybridized carbons (Fsp3) is 0.600. The fourth-order valence-electron chi connectivity index (χ4n) is 2.71. The number of carboxylic acids is 1. The standard InChI is InChI=1S/C10H12O3/c1-6(11)10(9(12)13)7-4-2-3-5-8(7)10/h2-3,7-8H,4-5H2,1H3,(H,12,13)/t7-,8-/m1/s1. The van der Waals surface area contributed by atoms with Gasteiger partial charge in [-0.05, 0) is 31.6 Å². The molecule has 0 spiro atoms. The molecular formula is C10H12O3. The number of rotatable bonds is 2. The quantitative estimate of drug-likeness (QED) is 0.514. The molecule has 2 aliphatic carbocycles. The van der Waals surface area contributed by atoms with Crippen molar-refractivity contribution < 1.29 is 14.7 Å². The second-order valence-corrected chi connectivity index (χ2v) is 3.89. The van der Waals surface area contributed by atoms with Gasteiger partial charge in [-0.25, -0.2) is 0 Å². The molecule has 0 heterocycles. The third kappa shape index (κ3) is 0.844. The molecule has 13 heavy (non-hydrogen) atoms. The first kappa shape index (κ1) is 8.48. The summed E-state index contributed by atoms with van der Waals surface area (Å²) in [6, 6.07) is 0. The monoisotopic (exact) mass is 180 g/mol. The maximum atomic E-state index is 11.3. The van der Waals surface area contributed by atoms with Gasteiger partial charge in [0.2, 0.25) is 0 Å². The number of hydrogen-bond donors (Lipinski definition) is 1. The average Bonchev–Trinajstić information content (AvgIpc) is 2.73. The predicted octanol–water partition coefficient (Wildman–Crippen LogP) is 1.24. The molecule has 1 saturated carbocycles. The summed E-state index contributed by atoms with van der Waals surface area (Å²) in [5.41, 5.74) is -1.04. The molecule has 2 rings (SSSR count). The first-order chi connectivity index (χ1) is 6.11. The Bertz CT molecular complexity index is 273. The number of hydrogen-bond acceptors (Lipinski definition) is 2. The van der Waals surface area contributed by atoms with Gasteiger partial charge in [0.05, 0.1) is 0 Å². The van der Waals surface area contributed by atoms with Crippen LogP contribution < -0.4 is 0 Å². The Morgan fingerprint density at radius 2 is 1.77 bits per heavy atom. The van der Waals surface area contributed by atoms with Crippen molar-refractivity contribution in [3.63, 3.8) is 0 Å². The lowest BCUT2D eigenvalue weighted by Gasteiger charge is -2.06. The molecule has 0 aromatic carbocycles. The largest absolute Gasteiger partial charge is 0.480 e. The van der Waals surface area contributed by atoms with E-state index in [4.69, 9.17) is 5.11 Å². The molecule has 70 valence electrons. The fourth-order valence-corrected chi connectivity index (χ4v) is 2.71. The minimum Gasteiger partial charge on any atom is -0.480 e. The van der Waals surface area contributed by atoms with Crippen molar-refractivity contribution >= 4 is 11.8 Å². The summed E-state index contributed by atoms with van der Waals surface area (Å²) in [4.78, 5) is 22.4. The van der Waals surface area contributed by atoms with Crippen molar-refractivity contribution in [1.82, 2.24) is 0 Å². The Hall–Kier alpha value is -1.12. The van der Waals surface area contributed by atoms with Crippen molar-refractivity contribution in [2.45, 2.75) is 19.8 Å². The molecule has 2 atom stereocenters. The van der Waals surface area contributed by atoms with Crippen LogP contribution in [0, 0.1) is 17.3 Å². The molecule has 0 aromatic rings. The molecule has 0 aromatic heterocycles. The van der Waals surface area contributed by atoms with Gasteiger partial charge in [-0.15, -0.1) is 0 Å². The van der Waals surface area contributed by atoms with E-state index in [0.717, 1.165) is 12.8 Å². The molecule has 3 heteroatoms. The number of Topliss-reactive ketones (excluding diaryl/α,β-unsaturated/α-hetero) is 1. The molecule has 0 saturated heterocycles. The van der Waals surface area contributed by atoms with Gasteiger partial charge < -0.3 is 5.11 Å². The van der Waals surface area contributed by atoms with E-state index in [0.29, 0.717) is 0 Å². The number of carbonyl (C=O) groups is 2. The highest BCUT2D eigenvalue weighted by molar-refractivity contribution is 6.06. The van der Waals surface area contributed by atoms with Crippen molar-refractivity contribution in [2.75, 3.05) is 0 Å². The highest BCUT2D eigenvalue weighted by Crippen LogP contribution is 2.64. The van der Waals surface area contributed by atoms with Crippen LogP contribution in [0.4, 0.5) is 0 Å². The zero-order chi connectivity index (χ0) is 9.64. The molecular weight excluding hydrogens is 168 g/mol. The predicted molar refractivity (Wildman–Crippen MR) is 46.1 cm³/mol. The minimum atomic E-state index is -1.04. The van der Waals surface area contributed by atoms with E-state index in [1.54, 1.807) is 0 Å². The van der Waals surface area contributed by atoms with Crippen molar-refractivity contribution in [3.05, 3.63) is 12.2 Å². The lowest BCUT2D eigenvalue weighted by molar-refractivity contribution is -0.149. The van der Waals surface area contributed by atoms with E-state index in [9.17, 15) is 9.59 Å². The summed E-state index contributed by atoms with van der Waals surface area (Å²) in [7, 11) is 0. The van der Waals surface area contributed by atoms with Crippen LogP contribution in [0.1, 0.15) is 19.8 Å². The zero-order valence-corrected chi connectivity index (χ0v) is 7.49. The van der Waals surface area contributed by atoms with Gasteiger partial charge in [-0.3, -0.25) is 9.59 Å². The Labute approximate surface area is 76.4 Å². The second-order valence-electron chi connectivity index (χ2n) is 3.89. The Balaban J connectivity index is 2.31. The van der Waals surface area contributed by atoms with Gasteiger partial charge in [0.25, 0.3) is 0 Å². The Morgan fingerprint density at radius 3 is 2.08 bits per heavy atom. The van der Waals surface area contributed by atoms with Crippen LogP contribution in [-0.4, -0.2) is 16.9 Å². The van der Waals surface area contributed by atoms with E-state index in [-0.39, 0.29) is 17.6 Å². The Morgan fingerprint density at radius 1 is 1.31 bits per heavy atom. The zero-order valence-electron chi connectivity index (χ0n) is 7.49. The number of carbonyl (C=O) groups excluding carboxylic acids is 1. The number of carboxylic acid groups (broad SMARTS) is 1. The molecule has 3 nitrogen and oxygen atoms in total. The summed E-state index contributed by atoms with van der Waals surface area (Å²) < 4.78 is 0. The summed E-state index contributed by atoms with van der Waals surface area (Å²) in [6.45, 7) is 1.40. The third-order valence-electron chi connectivity index (χ3n) is 3.43. The van der Waals surface area contributed by atoms with Gasteiger partial charge >= 0.3 is 5.97 Å². The summed E-state index contributed by atoms with van der Waals surface area (Å²) >= 11 is 0. The van der Waals surface area contributed by atoms with E-state index in [1.807, 2.05) is 12.2 Å². The first-order valence-electron chi connectivity index (χ1n) is 4.51. The normalized spacial score (nSPS) is 41.0. The molecule has 0 radical (unpaired) electrons. The number of allylic oxidation sites excluding steroid dienone is 2. The van der Waals surface area contributed by atoms with Gasteiger partial charge in [0, 0.05) is 0 Å². The molecule has 0 aliphatic heterocycles. The molecule has 0 amide bonds. The molecule has 2 aliphatic rings. The SMILES string of the molecule is CC(=O)C1(C(=O)O)[C@@H]2CC=CC[C@H]21. The van der Waals surface area contributed by atoms with Crippen LogP contribution in [0.2, 0.25) is 0 Å². The van der Waals surface area contributed by atoms with Gasteiger partial charge in [-0.1, -0.05) is 12.2 Å². The highest BCUT2D eigenvalue weighted by atomic mass is 16.4. The summed E-state index contributed by atoms with van der Waals surface area (Å²) in [6.07, 6.45) is 5.46. The van der Waals surface area contributed by atoms with Crippen molar-refractivity contribution in [3.8, 4) is 0 Å². The van der Waals surface area contributed by atoms with Crippen LogP contribution in [0.3, 0.4) is 0 Å². The van der Waals surface area contributed by atoms with Crippen LogP contribution in [-0.2, 0) is 9.59 Å². The topological polar surface area (TPSA) is 54.4 Å². The molecule has 0 bridgehead atoms. The lowest BCUT2D eigenvalue weighted by Crippen LogP contribution is -2.27. The van der Waals surface area contributed by atoms with E-state index in [1.165, 1.54) is 6.92 Å². The maximum Gasteiger partial charge on any atom is 0.317 e. The lowest BCUT2D eigenvalue weighted by atomic mass is 9.96. The maximum absolute atomic E-state index is 11.3. The summed E-state index contributed by atoms with van der Waals surface area (Å²) in [5.74, 6) is -0.989. The molecule has 0 unspecified atom stereocenters. The van der Waals surface area contributed by atoms with E-state index in [2.05, 4.69) is 0 Å². The van der Waals surface area contributed by atoms with E-state index < -0.39 is 11.4 Å². The van der Waals surface area contributed by atoms with Gasteiger partial charge in [0.15, 0.2) is 0 Å². The van der Waals surface area contributed by atoms with Crippen molar-refractivity contribution in [2.24, 2.45) is 17.3 Å². The smallest absolute Gasteiger partial charge is 0.317 e. The number of fused-ring (bicyclic) bond motifs is 1. The van der Waals surface area contributed by atoms with Crippen LogP contribution in [0.5, 0.6) is 0 Å². The molecule has 1 fully saturated rings. The summed E-state index contributed by atoms with van der Waals surface area (Å²) in [5, 5.41) is 9.06. The third-order valence-corrected chi connectivity index (χ3v) is 3.43. The average molecular weight is 180 g/mol. The molecule has 1 N–H and O–H groups in total. The van der Waals surface area contributed by atoms with Crippen LogP contribution in [0.25, 0.3) is 0 Å². The van der Waals surface area contributed by atoms with Crippen LogP contribution in [0.15, 0.2) is 12.2 Å².